The van der Waals surface area contributed by atoms with Crippen LogP contribution in [0.4, 0.5) is 0 Å². The van der Waals surface area contributed by atoms with Gasteiger partial charge >= 0.3 is 0 Å². The van der Waals surface area contributed by atoms with E-state index in [1.54, 1.807) is 0 Å². The lowest BCUT2D eigenvalue weighted by atomic mass is 9.61. The highest BCUT2D eigenvalue weighted by Gasteiger charge is 2.64. The van der Waals surface area contributed by atoms with E-state index in [0.29, 0.717) is 19.1 Å². The zero-order valence-electron chi connectivity index (χ0n) is 22.5. The molecule has 3 fully saturated rings. The summed E-state index contributed by atoms with van der Waals surface area (Å²) in [4.78, 5) is 2.62. The molecular weight excluding hydrogens is 446 g/mol. The summed E-state index contributed by atoms with van der Waals surface area (Å²) < 4.78 is 12.6. The van der Waals surface area contributed by atoms with Crippen molar-refractivity contribution in [2.45, 2.75) is 122 Å². The molecule has 0 radical (unpaired) electrons. The van der Waals surface area contributed by atoms with Gasteiger partial charge in [0.25, 0.3) is 0 Å². The van der Waals surface area contributed by atoms with Crippen LogP contribution in [0.15, 0.2) is 23.4 Å². The molecule has 0 bridgehead atoms. The van der Waals surface area contributed by atoms with Gasteiger partial charge in [-0.1, -0.05) is 44.3 Å². The van der Waals surface area contributed by atoms with Gasteiger partial charge in [-0.3, -0.25) is 0 Å². The second-order valence-electron chi connectivity index (χ2n) is 11.9. The van der Waals surface area contributed by atoms with E-state index in [1.807, 2.05) is 0 Å². The first-order valence-electron chi connectivity index (χ1n) is 14.9. The quantitative estimate of drug-likeness (QED) is 0.398. The number of nitrogens with zero attached hydrogens (tertiary/aromatic N) is 3. The topological polar surface area (TPSA) is 69.3 Å². The van der Waals surface area contributed by atoms with Crippen molar-refractivity contribution in [3.63, 3.8) is 0 Å². The number of fused-ring (bicyclic) bond motifs is 2. The number of allylic oxidation sites excluding steroid dienone is 3. The molecule has 1 saturated heterocycles. The van der Waals surface area contributed by atoms with Crippen LogP contribution in [0.5, 0.6) is 0 Å². The van der Waals surface area contributed by atoms with Crippen LogP contribution in [0.1, 0.15) is 97.3 Å². The first-order chi connectivity index (χ1) is 17.7. The van der Waals surface area contributed by atoms with Crippen molar-refractivity contribution in [1.82, 2.24) is 4.90 Å². The molecule has 5 rings (SSSR count). The van der Waals surface area contributed by atoms with Crippen molar-refractivity contribution in [3.05, 3.63) is 23.4 Å². The molecule has 0 aromatic rings. The van der Waals surface area contributed by atoms with Crippen molar-refractivity contribution in [1.29, 1.82) is 10.5 Å². The van der Waals surface area contributed by atoms with E-state index in [0.717, 1.165) is 38.5 Å². The summed E-state index contributed by atoms with van der Waals surface area (Å²) in [7, 11) is 0. The van der Waals surface area contributed by atoms with Crippen LogP contribution in [0, 0.1) is 45.8 Å². The Balaban J connectivity index is 1.60. The van der Waals surface area contributed by atoms with Gasteiger partial charge in [0, 0.05) is 30.9 Å². The summed E-state index contributed by atoms with van der Waals surface area (Å²) in [6, 6.07) is 5.41. The number of hydrogen-bond acceptors (Lipinski definition) is 5. The Morgan fingerprint density at radius 3 is 2.42 bits per heavy atom. The van der Waals surface area contributed by atoms with E-state index < -0.39 is 5.41 Å². The van der Waals surface area contributed by atoms with E-state index in [1.165, 1.54) is 56.2 Å². The maximum Gasteiger partial charge on any atom is 0.172 e. The summed E-state index contributed by atoms with van der Waals surface area (Å²) in [5.41, 5.74) is 1.84. The van der Waals surface area contributed by atoms with Crippen molar-refractivity contribution in [2.75, 3.05) is 13.2 Å². The van der Waals surface area contributed by atoms with E-state index in [9.17, 15) is 10.5 Å². The van der Waals surface area contributed by atoms with Crippen LogP contribution < -0.4 is 0 Å². The molecule has 0 aromatic carbocycles. The minimum atomic E-state index is -1.06. The molecule has 6 atom stereocenters. The Hall–Kier alpha value is -1.82. The van der Waals surface area contributed by atoms with Crippen molar-refractivity contribution >= 4 is 0 Å². The Morgan fingerprint density at radius 1 is 0.944 bits per heavy atom. The molecule has 5 aliphatic rings. The first-order valence-corrected chi connectivity index (χ1v) is 14.9. The molecule has 6 unspecified atom stereocenters. The van der Waals surface area contributed by atoms with E-state index in [4.69, 9.17) is 9.47 Å². The highest BCUT2D eigenvalue weighted by molar-refractivity contribution is 5.42. The molecule has 2 aliphatic heterocycles. The Bertz CT molecular complexity index is 907. The molecule has 3 aliphatic carbocycles. The van der Waals surface area contributed by atoms with Gasteiger partial charge in [-0.25, -0.2) is 0 Å². The van der Waals surface area contributed by atoms with Crippen LogP contribution in [0.2, 0.25) is 0 Å². The van der Waals surface area contributed by atoms with E-state index in [2.05, 4.69) is 43.0 Å². The van der Waals surface area contributed by atoms with E-state index >= 15 is 0 Å². The molecule has 0 aromatic heterocycles. The predicted octanol–water partition coefficient (Wildman–Crippen LogP) is 6.67. The molecule has 5 heteroatoms. The molecule has 36 heavy (non-hydrogen) atoms. The van der Waals surface area contributed by atoms with Gasteiger partial charge in [0.1, 0.15) is 0 Å². The fourth-order valence-corrected chi connectivity index (χ4v) is 8.58. The van der Waals surface area contributed by atoms with Crippen molar-refractivity contribution < 1.29 is 9.47 Å². The summed E-state index contributed by atoms with van der Waals surface area (Å²) in [5, 5.41) is 21.7. The average Bonchev–Trinajstić information content (AvgIpc) is 3.20. The van der Waals surface area contributed by atoms with Crippen LogP contribution in [0.3, 0.4) is 0 Å². The molecule has 0 spiro atoms. The Labute approximate surface area is 218 Å². The van der Waals surface area contributed by atoms with Crippen LogP contribution >= 0.6 is 0 Å². The Kier molecular flexibility index (Phi) is 8.09. The lowest BCUT2D eigenvalue weighted by Gasteiger charge is -2.45. The molecule has 5 nitrogen and oxygen atoms in total. The number of ether oxygens (including phenoxy) is 2. The monoisotopic (exact) mass is 491 g/mol. The van der Waals surface area contributed by atoms with E-state index in [-0.39, 0.29) is 36.1 Å². The molecule has 196 valence electrons. The standard InChI is InChI=1S/C31H45N3O2/c1-3-35-24-15-16-28(36-4-2)25(19-24)30-27(18-22-10-6-5-7-11-22)34-26-13-9-8-12-23(26)14-17-29(34)31(30,20-32)21-33/h14,17,22,24-25,27-30H,3-13,15-16,18-19H2,1-2H3. The highest BCUT2D eigenvalue weighted by atomic mass is 16.5. The normalized spacial score (nSPS) is 36.2. The SMILES string of the molecule is CCOC1CCC(OCC)C(C2C(CC3CCCCC3)N3C4=C(C=CC3C2(C#N)C#N)CCCC4)C1. The minimum Gasteiger partial charge on any atom is -0.378 e. The molecule has 2 heterocycles. The van der Waals surface area contributed by atoms with Gasteiger partial charge in [-0.05, 0) is 82.6 Å². The third-order valence-electron chi connectivity index (χ3n) is 10.0. The van der Waals surface area contributed by atoms with Crippen LogP contribution in [0.25, 0.3) is 0 Å². The third kappa shape index (κ3) is 4.52. The average molecular weight is 492 g/mol. The maximum absolute atomic E-state index is 10.8. The fraction of sp³-hybridized carbons (Fsp3) is 0.806. The van der Waals surface area contributed by atoms with Gasteiger partial charge in [0.2, 0.25) is 0 Å². The summed E-state index contributed by atoms with van der Waals surface area (Å²) in [6.45, 7) is 5.53. The summed E-state index contributed by atoms with van der Waals surface area (Å²) in [6.07, 6.45) is 20.0. The lowest BCUT2D eigenvalue weighted by Crippen LogP contribution is -2.48. The van der Waals surface area contributed by atoms with Gasteiger partial charge in [-0.2, -0.15) is 10.5 Å². The minimum absolute atomic E-state index is 0.0299. The second kappa shape index (κ2) is 11.3. The van der Waals surface area contributed by atoms with Crippen molar-refractivity contribution in [2.24, 2.45) is 23.2 Å². The molecular formula is C31H45N3O2. The first kappa shape index (κ1) is 25.8. The number of rotatable bonds is 7. The number of hydrogen-bond donors (Lipinski definition) is 0. The molecule has 0 amide bonds. The second-order valence-corrected chi connectivity index (χ2v) is 11.9. The summed E-state index contributed by atoms with van der Waals surface area (Å²) in [5.74, 6) is 0.822. The van der Waals surface area contributed by atoms with Gasteiger partial charge in [0.15, 0.2) is 5.41 Å². The Morgan fingerprint density at radius 2 is 1.69 bits per heavy atom. The predicted molar refractivity (Wildman–Crippen MR) is 141 cm³/mol. The van der Waals surface area contributed by atoms with Crippen molar-refractivity contribution in [3.8, 4) is 12.1 Å². The molecule has 2 saturated carbocycles. The summed E-state index contributed by atoms with van der Waals surface area (Å²) >= 11 is 0. The van der Waals surface area contributed by atoms with Gasteiger partial charge < -0.3 is 14.4 Å². The maximum atomic E-state index is 10.8. The number of nitriles is 2. The molecule has 0 N–H and O–H groups in total. The fourth-order valence-electron chi connectivity index (χ4n) is 8.58. The van der Waals surface area contributed by atoms with Crippen LogP contribution in [-0.2, 0) is 9.47 Å². The zero-order valence-corrected chi connectivity index (χ0v) is 22.5. The third-order valence-corrected chi connectivity index (χ3v) is 10.0. The van der Waals surface area contributed by atoms with Gasteiger partial charge in [-0.15, -0.1) is 0 Å². The van der Waals surface area contributed by atoms with Gasteiger partial charge in [0.05, 0.1) is 30.4 Å². The zero-order chi connectivity index (χ0) is 25.1. The lowest BCUT2D eigenvalue weighted by molar-refractivity contribution is -0.0858. The van der Waals surface area contributed by atoms with Crippen LogP contribution in [-0.4, -0.2) is 42.4 Å². The largest absolute Gasteiger partial charge is 0.378 e. The highest BCUT2D eigenvalue weighted by Crippen LogP contribution is 2.58. The smallest absolute Gasteiger partial charge is 0.172 e.